The van der Waals surface area contributed by atoms with Crippen LogP contribution in [0, 0.1) is 0 Å². The summed E-state index contributed by atoms with van der Waals surface area (Å²) in [4.78, 5) is 23.9. The molecule has 2 N–H and O–H groups in total. The van der Waals surface area contributed by atoms with Gasteiger partial charge in [-0.15, -0.1) is 11.6 Å². The van der Waals surface area contributed by atoms with E-state index in [0.29, 0.717) is 5.56 Å². The van der Waals surface area contributed by atoms with E-state index in [1.165, 1.54) is 18.2 Å². The molecule has 1 aliphatic carbocycles. The van der Waals surface area contributed by atoms with Crippen LogP contribution < -0.4 is 10.6 Å². The van der Waals surface area contributed by atoms with E-state index in [9.17, 15) is 40.3 Å². The third kappa shape index (κ3) is 5.80. The van der Waals surface area contributed by atoms with Crippen molar-refractivity contribution in [3.05, 3.63) is 57.1 Å². The second-order valence-electron chi connectivity index (χ2n) is 7.14. The first-order valence-corrected chi connectivity index (χ1v) is 10.6. The van der Waals surface area contributed by atoms with Gasteiger partial charge in [-0.2, -0.15) is 26.3 Å². The van der Waals surface area contributed by atoms with Gasteiger partial charge in [-0.25, -0.2) is 4.39 Å². The van der Waals surface area contributed by atoms with Crippen LogP contribution in [0.15, 0.2) is 41.0 Å². The van der Waals surface area contributed by atoms with E-state index in [2.05, 4.69) is 10.6 Å². The Morgan fingerprint density at radius 2 is 1.62 bits per heavy atom. The summed E-state index contributed by atoms with van der Waals surface area (Å²) in [7, 11) is 0. The minimum absolute atomic E-state index is 0.0379. The maximum absolute atomic E-state index is 14.3. The molecule has 2 unspecified atom stereocenters. The van der Waals surface area contributed by atoms with Crippen molar-refractivity contribution in [3.63, 3.8) is 0 Å². The van der Waals surface area contributed by atoms with Gasteiger partial charge in [-0.3, -0.25) is 9.59 Å². The van der Waals surface area contributed by atoms with Gasteiger partial charge in [-0.1, -0.05) is 42.3 Å². The number of alkyl halides is 8. The number of rotatable bonds is 6. The number of carbonyl (C=O) groups is 2. The quantitative estimate of drug-likeness (QED) is 0.336. The third-order valence-corrected chi connectivity index (χ3v) is 5.90. The van der Waals surface area contributed by atoms with E-state index in [4.69, 9.17) is 34.8 Å². The highest BCUT2D eigenvalue weighted by atomic mass is 35.5. The molecule has 0 spiro atoms. The number of nitrogens with one attached hydrogen (secondary N) is 2. The van der Waals surface area contributed by atoms with Crippen LogP contribution in [0.4, 0.5) is 30.7 Å². The van der Waals surface area contributed by atoms with Crippen molar-refractivity contribution in [1.29, 1.82) is 0 Å². The molecule has 0 saturated carbocycles. The van der Waals surface area contributed by atoms with E-state index in [0.717, 1.165) is 0 Å². The van der Waals surface area contributed by atoms with Crippen molar-refractivity contribution in [1.82, 2.24) is 10.6 Å². The van der Waals surface area contributed by atoms with Crippen LogP contribution in [0.3, 0.4) is 0 Å². The van der Waals surface area contributed by atoms with E-state index in [1.807, 2.05) is 0 Å². The summed E-state index contributed by atoms with van der Waals surface area (Å²) in [5.74, 6) is -1.09. The van der Waals surface area contributed by atoms with Gasteiger partial charge < -0.3 is 10.6 Å². The van der Waals surface area contributed by atoms with E-state index in [1.54, 1.807) is 6.92 Å². The first-order chi connectivity index (χ1) is 15.5. The third-order valence-electron chi connectivity index (χ3n) is 4.83. The van der Waals surface area contributed by atoms with Crippen molar-refractivity contribution in [2.45, 2.75) is 49.3 Å². The molecule has 0 bridgehead atoms. The fourth-order valence-corrected chi connectivity index (χ4v) is 3.89. The average Bonchev–Trinajstić information content (AvgIpc) is 2.72. The number of benzene rings is 1. The Morgan fingerprint density at radius 1 is 1.03 bits per heavy atom. The van der Waals surface area contributed by atoms with Gasteiger partial charge in [-0.05, 0) is 23.8 Å². The molecule has 1 aromatic carbocycles. The zero-order valence-electron chi connectivity index (χ0n) is 17.1. The topological polar surface area (TPSA) is 58.2 Å². The van der Waals surface area contributed by atoms with Gasteiger partial charge in [0.2, 0.25) is 5.91 Å². The molecular weight excluding hydrogens is 540 g/mol. The second-order valence-corrected chi connectivity index (χ2v) is 8.48. The molecule has 4 nitrogen and oxygen atoms in total. The lowest BCUT2D eigenvalue weighted by atomic mass is 9.88. The number of halogens is 10. The van der Waals surface area contributed by atoms with Gasteiger partial charge in [0.1, 0.15) is 0 Å². The largest absolute Gasteiger partial charge is 0.435 e. The zero-order valence-corrected chi connectivity index (χ0v) is 19.3. The highest BCUT2D eigenvalue weighted by molar-refractivity contribution is 6.33. The Kier molecular flexibility index (Phi) is 8.59. The maximum atomic E-state index is 14.3. The molecule has 2 rings (SSSR count). The van der Waals surface area contributed by atoms with Gasteiger partial charge in [0.25, 0.3) is 5.91 Å². The normalized spacial score (nSPS) is 19.3. The molecule has 14 heteroatoms. The molecule has 188 valence electrons. The second kappa shape index (κ2) is 10.3. The highest BCUT2D eigenvalue weighted by Crippen LogP contribution is 2.52. The number of allylic oxidation sites excluding steroid dienone is 2. The van der Waals surface area contributed by atoms with Crippen molar-refractivity contribution < 1.29 is 40.3 Å². The fraction of sp³-hybridized carbons (Fsp3) is 0.400. The van der Waals surface area contributed by atoms with E-state index < -0.39 is 46.0 Å². The molecule has 34 heavy (non-hydrogen) atoms. The molecule has 2 amide bonds. The van der Waals surface area contributed by atoms with Crippen molar-refractivity contribution >= 4 is 46.6 Å². The lowest BCUT2D eigenvalue weighted by molar-refractivity contribution is -0.325. The summed E-state index contributed by atoms with van der Waals surface area (Å²) in [6, 6.07) is 2.54. The number of amides is 2. The fourth-order valence-electron chi connectivity index (χ4n) is 2.93. The molecular formula is C20H16Cl3F7N2O2. The van der Waals surface area contributed by atoms with Gasteiger partial charge in [0.05, 0.1) is 11.4 Å². The van der Waals surface area contributed by atoms with Crippen LogP contribution in [-0.4, -0.2) is 41.3 Å². The van der Waals surface area contributed by atoms with Crippen LogP contribution in [-0.2, 0) is 11.3 Å². The molecule has 2 atom stereocenters. The molecule has 0 aromatic heterocycles. The highest BCUT2D eigenvalue weighted by Gasteiger charge is 2.74. The minimum Gasteiger partial charge on any atom is -0.352 e. The van der Waals surface area contributed by atoms with Crippen molar-refractivity contribution in [2.24, 2.45) is 0 Å². The summed E-state index contributed by atoms with van der Waals surface area (Å²) in [6.45, 7) is 1.74. The smallest absolute Gasteiger partial charge is 0.352 e. The van der Waals surface area contributed by atoms with Gasteiger partial charge in [0.15, 0.2) is 0 Å². The zero-order chi connectivity index (χ0) is 26.1. The summed E-state index contributed by atoms with van der Waals surface area (Å²) >= 11 is 17.8. The predicted molar refractivity (Wildman–Crippen MR) is 112 cm³/mol. The Morgan fingerprint density at radius 3 is 2.09 bits per heavy atom. The van der Waals surface area contributed by atoms with Crippen LogP contribution in [0.2, 0.25) is 5.02 Å². The molecule has 1 aromatic rings. The molecule has 0 saturated heterocycles. The standard InChI is InChI=1S/C20H16Cl3F7N2O2/c1-2-15(33)31-8-10-4-3-9(5-12(10)21)17(34)32-16-13(22)6-11(7-14(16)23)18(24,19(25,26)27)20(28,29)30/h3-7,13,16H,2,8H2,1H3,(H,31,33)(H,32,34). The molecule has 0 fully saturated rings. The summed E-state index contributed by atoms with van der Waals surface area (Å²) in [5.41, 5.74) is -7.11. The lowest BCUT2D eigenvalue weighted by Crippen LogP contribution is -2.55. The number of carbonyl (C=O) groups excluding carboxylic acids is 2. The Hall–Kier alpha value is -1.98. The van der Waals surface area contributed by atoms with Gasteiger partial charge >= 0.3 is 18.0 Å². The number of hydrogen-bond acceptors (Lipinski definition) is 2. The number of hydrogen-bond donors (Lipinski definition) is 2. The van der Waals surface area contributed by atoms with Crippen molar-refractivity contribution in [3.8, 4) is 0 Å². The minimum atomic E-state index is -6.34. The first-order valence-electron chi connectivity index (χ1n) is 9.44. The predicted octanol–water partition coefficient (Wildman–Crippen LogP) is 5.97. The molecule has 1 aliphatic rings. The summed E-state index contributed by atoms with van der Waals surface area (Å²) in [5, 5.41) is 2.47. The van der Waals surface area contributed by atoms with Crippen LogP contribution in [0.25, 0.3) is 0 Å². The van der Waals surface area contributed by atoms with E-state index in [-0.39, 0.29) is 41.6 Å². The SMILES string of the molecule is CCC(=O)NCc1ccc(C(=O)NC2C(Cl)=CC(C(F)(C(F)(F)F)C(F)(F)F)=CC2Cl)cc1Cl. The Balaban J connectivity index is 2.23. The van der Waals surface area contributed by atoms with Crippen LogP contribution in [0.5, 0.6) is 0 Å². The lowest BCUT2D eigenvalue weighted by Gasteiger charge is -2.34. The van der Waals surface area contributed by atoms with E-state index >= 15 is 0 Å². The monoisotopic (exact) mass is 554 g/mol. The first kappa shape index (κ1) is 28.3. The Bertz CT molecular complexity index is 1010. The van der Waals surface area contributed by atoms with Crippen molar-refractivity contribution in [2.75, 3.05) is 0 Å². The average molecular weight is 556 g/mol. The molecule has 0 aliphatic heterocycles. The summed E-state index contributed by atoms with van der Waals surface area (Å²) < 4.78 is 92.3. The van der Waals surface area contributed by atoms with Crippen LogP contribution in [0.1, 0.15) is 29.3 Å². The van der Waals surface area contributed by atoms with Gasteiger partial charge in [0, 0.05) is 34.2 Å². The Labute approximate surface area is 204 Å². The molecule has 0 radical (unpaired) electrons. The maximum Gasteiger partial charge on any atom is 0.435 e. The summed E-state index contributed by atoms with van der Waals surface area (Å²) in [6.07, 6.45) is -12.1. The molecule has 0 heterocycles. The van der Waals surface area contributed by atoms with Crippen LogP contribution >= 0.6 is 34.8 Å².